The van der Waals surface area contributed by atoms with Crippen LogP contribution >= 0.6 is 11.8 Å². The molecular formula is C21H16N2O5S. The summed E-state index contributed by atoms with van der Waals surface area (Å²) in [7, 11) is 0. The van der Waals surface area contributed by atoms with Crippen molar-refractivity contribution in [3.8, 4) is 11.5 Å². The Balaban J connectivity index is 1.38. The van der Waals surface area contributed by atoms with Crippen molar-refractivity contribution >= 4 is 40.6 Å². The van der Waals surface area contributed by atoms with Gasteiger partial charge in [0.15, 0.2) is 11.5 Å². The molecule has 1 saturated heterocycles. The number of carbonyl (C=O) groups is 3. The standard InChI is InChI=1S/C21H16N2O5S/c24-19(22-15-9-10-16-17(11-15)28-13-27-16)12-23-20(25)18(29-21(23)26)8-4-7-14-5-2-1-3-6-14/h1-11H,12-13H2,(H,22,24)/b7-4+,18-8-. The molecule has 3 amide bonds. The van der Waals surface area contributed by atoms with Crippen LogP contribution in [0.4, 0.5) is 10.5 Å². The van der Waals surface area contributed by atoms with Crippen LogP contribution in [0.15, 0.2) is 65.6 Å². The summed E-state index contributed by atoms with van der Waals surface area (Å²) in [5.74, 6) is 0.163. The minimum Gasteiger partial charge on any atom is -0.454 e. The van der Waals surface area contributed by atoms with Crippen molar-refractivity contribution in [3.05, 3.63) is 71.2 Å². The number of allylic oxidation sites excluding steroid dienone is 2. The lowest BCUT2D eigenvalue weighted by Crippen LogP contribution is -2.36. The minimum atomic E-state index is -0.487. The van der Waals surface area contributed by atoms with Crippen LogP contribution in [0, 0.1) is 0 Å². The first-order chi connectivity index (χ1) is 14.1. The van der Waals surface area contributed by atoms with Crippen LogP contribution in [-0.4, -0.2) is 35.3 Å². The van der Waals surface area contributed by atoms with Gasteiger partial charge in [-0.25, -0.2) is 0 Å². The van der Waals surface area contributed by atoms with E-state index in [9.17, 15) is 14.4 Å². The molecule has 0 saturated carbocycles. The van der Waals surface area contributed by atoms with E-state index in [-0.39, 0.29) is 18.2 Å². The second-order valence-electron chi connectivity index (χ2n) is 6.18. The van der Waals surface area contributed by atoms with Gasteiger partial charge in [-0.05, 0) is 35.5 Å². The quantitative estimate of drug-likeness (QED) is 0.761. The van der Waals surface area contributed by atoms with Crippen molar-refractivity contribution in [2.24, 2.45) is 0 Å². The smallest absolute Gasteiger partial charge is 0.294 e. The number of rotatable bonds is 5. The van der Waals surface area contributed by atoms with Gasteiger partial charge in [0.05, 0.1) is 4.91 Å². The fourth-order valence-electron chi connectivity index (χ4n) is 2.78. The summed E-state index contributed by atoms with van der Waals surface area (Å²) in [6.07, 6.45) is 5.12. The highest BCUT2D eigenvalue weighted by Gasteiger charge is 2.36. The molecule has 1 N–H and O–H groups in total. The summed E-state index contributed by atoms with van der Waals surface area (Å²) in [4.78, 5) is 38.1. The van der Waals surface area contributed by atoms with E-state index in [0.29, 0.717) is 17.2 Å². The molecular weight excluding hydrogens is 392 g/mol. The second-order valence-corrected chi connectivity index (χ2v) is 7.17. The minimum absolute atomic E-state index is 0.133. The molecule has 2 aliphatic heterocycles. The predicted octanol–water partition coefficient (Wildman–Crippen LogP) is 3.65. The van der Waals surface area contributed by atoms with Crippen molar-refractivity contribution in [2.45, 2.75) is 0 Å². The molecule has 2 aromatic carbocycles. The number of carbonyl (C=O) groups excluding carboxylic acids is 3. The van der Waals surface area contributed by atoms with Crippen LogP contribution in [0.2, 0.25) is 0 Å². The van der Waals surface area contributed by atoms with Gasteiger partial charge in [-0.15, -0.1) is 0 Å². The Labute approximate surface area is 171 Å². The van der Waals surface area contributed by atoms with Gasteiger partial charge in [0.1, 0.15) is 6.54 Å². The van der Waals surface area contributed by atoms with Gasteiger partial charge >= 0.3 is 0 Å². The molecule has 0 spiro atoms. The number of benzene rings is 2. The number of thioether (sulfide) groups is 1. The first kappa shape index (κ1) is 18.8. The molecule has 0 aliphatic carbocycles. The van der Waals surface area contributed by atoms with Crippen molar-refractivity contribution in [1.82, 2.24) is 4.90 Å². The van der Waals surface area contributed by atoms with Gasteiger partial charge < -0.3 is 14.8 Å². The van der Waals surface area contributed by atoms with Crippen LogP contribution in [-0.2, 0) is 9.59 Å². The van der Waals surface area contributed by atoms with Gasteiger partial charge in [0.2, 0.25) is 12.7 Å². The molecule has 29 heavy (non-hydrogen) atoms. The highest BCUT2D eigenvalue weighted by atomic mass is 32.2. The number of fused-ring (bicyclic) bond motifs is 1. The first-order valence-electron chi connectivity index (χ1n) is 8.77. The van der Waals surface area contributed by atoms with Crippen LogP contribution in [0.3, 0.4) is 0 Å². The number of hydrogen-bond acceptors (Lipinski definition) is 6. The van der Waals surface area contributed by atoms with Gasteiger partial charge in [0.25, 0.3) is 11.1 Å². The van der Waals surface area contributed by atoms with E-state index in [2.05, 4.69) is 5.32 Å². The Morgan fingerprint density at radius 2 is 1.90 bits per heavy atom. The third kappa shape index (κ3) is 4.33. The van der Waals surface area contributed by atoms with Gasteiger partial charge in [-0.3, -0.25) is 19.3 Å². The van der Waals surface area contributed by atoms with E-state index >= 15 is 0 Å². The molecule has 0 bridgehead atoms. The first-order valence-corrected chi connectivity index (χ1v) is 9.58. The van der Waals surface area contributed by atoms with Crippen LogP contribution in [0.25, 0.3) is 6.08 Å². The number of ether oxygens (including phenoxy) is 2. The average Bonchev–Trinajstić information content (AvgIpc) is 3.28. The van der Waals surface area contributed by atoms with E-state index in [1.807, 2.05) is 36.4 Å². The molecule has 0 unspecified atom stereocenters. The number of amides is 3. The maximum absolute atomic E-state index is 12.5. The molecule has 0 radical (unpaired) electrons. The fraction of sp³-hybridized carbons (Fsp3) is 0.0952. The Hall–Kier alpha value is -3.52. The molecule has 146 valence electrons. The van der Waals surface area contributed by atoms with Crippen molar-refractivity contribution in [3.63, 3.8) is 0 Å². The van der Waals surface area contributed by atoms with E-state index in [1.54, 1.807) is 30.4 Å². The molecule has 0 aromatic heterocycles. The summed E-state index contributed by atoms with van der Waals surface area (Å²) < 4.78 is 10.5. The van der Waals surface area contributed by atoms with Gasteiger partial charge in [-0.1, -0.05) is 42.5 Å². The van der Waals surface area contributed by atoms with Crippen molar-refractivity contribution < 1.29 is 23.9 Å². The number of hydrogen-bond donors (Lipinski definition) is 1. The normalized spacial score (nSPS) is 16.8. The maximum atomic E-state index is 12.5. The third-order valence-corrected chi connectivity index (χ3v) is 5.09. The third-order valence-electron chi connectivity index (χ3n) is 4.17. The van der Waals surface area contributed by atoms with Crippen molar-refractivity contribution in [2.75, 3.05) is 18.7 Å². The van der Waals surface area contributed by atoms with E-state index in [4.69, 9.17) is 9.47 Å². The number of nitrogens with one attached hydrogen (secondary N) is 1. The Bertz CT molecular complexity index is 1030. The zero-order valence-electron chi connectivity index (χ0n) is 15.2. The molecule has 0 atom stereocenters. The summed E-state index contributed by atoms with van der Waals surface area (Å²) in [6, 6.07) is 14.6. The van der Waals surface area contributed by atoms with E-state index < -0.39 is 17.1 Å². The van der Waals surface area contributed by atoms with Crippen LogP contribution in [0.5, 0.6) is 11.5 Å². The molecule has 8 heteroatoms. The lowest BCUT2D eigenvalue weighted by molar-refractivity contribution is -0.127. The number of imide groups is 1. The van der Waals surface area contributed by atoms with E-state index in [1.165, 1.54) is 0 Å². The molecule has 1 fully saturated rings. The largest absolute Gasteiger partial charge is 0.454 e. The highest BCUT2D eigenvalue weighted by Crippen LogP contribution is 2.34. The van der Waals surface area contributed by atoms with Crippen molar-refractivity contribution in [1.29, 1.82) is 0 Å². The zero-order chi connectivity index (χ0) is 20.2. The number of anilines is 1. The summed E-state index contributed by atoms with van der Waals surface area (Å²) in [5.41, 5.74) is 1.47. The summed E-state index contributed by atoms with van der Waals surface area (Å²) >= 11 is 0.812. The maximum Gasteiger partial charge on any atom is 0.294 e. The Morgan fingerprint density at radius 1 is 1.10 bits per heavy atom. The molecule has 2 aliphatic rings. The lowest BCUT2D eigenvalue weighted by Gasteiger charge is -2.12. The zero-order valence-corrected chi connectivity index (χ0v) is 16.0. The van der Waals surface area contributed by atoms with Crippen LogP contribution < -0.4 is 14.8 Å². The number of nitrogens with zero attached hydrogens (tertiary/aromatic N) is 1. The monoisotopic (exact) mass is 408 g/mol. The highest BCUT2D eigenvalue weighted by molar-refractivity contribution is 8.18. The molecule has 7 nitrogen and oxygen atoms in total. The SMILES string of the molecule is O=C(CN1C(=O)S/C(=C\C=C\c2ccccc2)C1=O)Nc1ccc2c(c1)OCO2. The van der Waals surface area contributed by atoms with E-state index in [0.717, 1.165) is 22.2 Å². The molecule has 2 heterocycles. The summed E-state index contributed by atoms with van der Waals surface area (Å²) in [6.45, 7) is -0.229. The Kier molecular flexibility index (Phi) is 5.35. The van der Waals surface area contributed by atoms with Crippen LogP contribution in [0.1, 0.15) is 5.56 Å². The average molecular weight is 408 g/mol. The molecule has 4 rings (SSSR count). The second kappa shape index (κ2) is 8.24. The lowest BCUT2D eigenvalue weighted by atomic mass is 10.2. The Morgan fingerprint density at radius 3 is 2.72 bits per heavy atom. The van der Waals surface area contributed by atoms with Gasteiger partial charge in [0, 0.05) is 11.8 Å². The fourth-order valence-corrected chi connectivity index (χ4v) is 3.57. The van der Waals surface area contributed by atoms with Gasteiger partial charge in [-0.2, -0.15) is 0 Å². The summed E-state index contributed by atoms with van der Waals surface area (Å²) in [5, 5.41) is 2.18. The topological polar surface area (TPSA) is 84.9 Å². The molecule has 2 aromatic rings. The predicted molar refractivity (Wildman–Crippen MR) is 109 cm³/mol.